The first-order valence-electron chi connectivity index (χ1n) is 7.27. The van der Waals surface area contributed by atoms with E-state index < -0.39 is 5.91 Å². The average molecular weight is 371 g/mol. The largest absolute Gasteiger partial charge is 0.365 e. The molecule has 0 unspecified atom stereocenters. The Labute approximate surface area is 155 Å². The van der Waals surface area contributed by atoms with E-state index in [0.717, 1.165) is 21.9 Å². The maximum atomic E-state index is 11.2. The second kappa shape index (κ2) is 8.47. The molecule has 2 rings (SSSR count). The number of carbonyl (C=O) groups is 1. The van der Waals surface area contributed by atoms with Crippen molar-refractivity contribution in [2.45, 2.75) is 19.0 Å². The highest BCUT2D eigenvalue weighted by Gasteiger charge is 2.09. The van der Waals surface area contributed by atoms with Gasteiger partial charge < -0.3 is 5.73 Å². The Bertz CT molecular complexity index is 878. The number of aryl methyl sites for hydroxylation is 2. The number of thioether (sulfide) groups is 1. The molecule has 5 nitrogen and oxygen atoms in total. The van der Waals surface area contributed by atoms with Crippen molar-refractivity contribution in [2.24, 2.45) is 5.73 Å². The van der Waals surface area contributed by atoms with Crippen molar-refractivity contribution in [3.8, 4) is 6.07 Å². The SMILES string of the molecule is Cc1cc(C)nc(S/C(=C/C=C(\C#N)C(N)=O)c2ccc(Cl)cc2)n1. The summed E-state index contributed by atoms with van der Waals surface area (Å²) in [6, 6.07) is 10.9. The molecule has 126 valence electrons. The quantitative estimate of drug-likeness (QED) is 0.284. The second-order valence-electron chi connectivity index (χ2n) is 5.13. The van der Waals surface area contributed by atoms with Gasteiger partial charge in [0.05, 0.1) is 0 Å². The predicted octanol–water partition coefficient (Wildman–Crippen LogP) is 3.82. The van der Waals surface area contributed by atoms with Crippen molar-refractivity contribution >= 4 is 34.2 Å². The van der Waals surface area contributed by atoms with Gasteiger partial charge in [0.1, 0.15) is 11.6 Å². The summed E-state index contributed by atoms with van der Waals surface area (Å²) in [7, 11) is 0. The molecule has 1 amide bonds. The molecule has 2 aromatic rings. The van der Waals surface area contributed by atoms with Crippen LogP contribution in [0.1, 0.15) is 17.0 Å². The lowest BCUT2D eigenvalue weighted by atomic mass is 10.2. The number of aromatic nitrogens is 2. The average Bonchev–Trinajstić information content (AvgIpc) is 2.54. The summed E-state index contributed by atoms with van der Waals surface area (Å²) in [5, 5.41) is 10.2. The standard InChI is InChI=1S/C18H15ClN4OS/c1-11-9-12(2)23-18(22-11)25-16(8-5-14(10-20)17(21)24)13-3-6-15(19)7-4-13/h3-9H,1-2H3,(H2,21,24)/b14-5+,16-8+. The highest BCUT2D eigenvalue weighted by Crippen LogP contribution is 2.33. The summed E-state index contributed by atoms with van der Waals surface area (Å²) >= 11 is 7.27. The fraction of sp³-hybridized carbons (Fsp3) is 0.111. The number of benzene rings is 1. The number of allylic oxidation sites excluding steroid dienone is 2. The zero-order valence-electron chi connectivity index (χ0n) is 13.7. The molecule has 0 bridgehead atoms. The van der Waals surface area contributed by atoms with Crippen LogP contribution in [0.3, 0.4) is 0 Å². The molecule has 7 heteroatoms. The van der Waals surface area contributed by atoms with E-state index >= 15 is 0 Å². The summed E-state index contributed by atoms with van der Waals surface area (Å²) in [4.78, 5) is 20.8. The van der Waals surface area contributed by atoms with Crippen molar-refractivity contribution in [1.29, 1.82) is 5.26 Å². The summed E-state index contributed by atoms with van der Waals surface area (Å²) in [6.45, 7) is 3.79. The van der Waals surface area contributed by atoms with E-state index in [1.54, 1.807) is 24.3 Å². The first-order chi connectivity index (χ1) is 11.9. The van der Waals surface area contributed by atoms with Gasteiger partial charge >= 0.3 is 0 Å². The molecule has 0 atom stereocenters. The lowest BCUT2D eigenvalue weighted by molar-refractivity contribution is -0.114. The van der Waals surface area contributed by atoms with Crippen LogP contribution in [0.2, 0.25) is 5.02 Å². The van der Waals surface area contributed by atoms with Crippen LogP contribution in [-0.4, -0.2) is 15.9 Å². The van der Waals surface area contributed by atoms with Crippen LogP contribution < -0.4 is 5.73 Å². The minimum absolute atomic E-state index is 0.131. The van der Waals surface area contributed by atoms with Crippen LogP contribution in [0.25, 0.3) is 4.91 Å². The molecule has 0 saturated heterocycles. The number of primary amides is 1. The molecule has 2 N–H and O–H groups in total. The number of hydrogen-bond acceptors (Lipinski definition) is 5. The number of amides is 1. The Hall–Kier alpha value is -2.62. The molecule has 1 aromatic carbocycles. The molecule has 1 heterocycles. The molecular formula is C18H15ClN4OS. The number of halogens is 1. The van der Waals surface area contributed by atoms with Gasteiger partial charge in [-0.3, -0.25) is 4.79 Å². The van der Waals surface area contributed by atoms with Gasteiger partial charge in [-0.2, -0.15) is 5.26 Å². The van der Waals surface area contributed by atoms with E-state index in [1.807, 2.05) is 32.0 Å². The Morgan fingerprint density at radius 2 is 1.80 bits per heavy atom. The molecular weight excluding hydrogens is 356 g/mol. The number of nitrogens with two attached hydrogens (primary N) is 1. The first kappa shape index (κ1) is 18.7. The number of nitriles is 1. The van der Waals surface area contributed by atoms with Gasteiger partial charge in [0.15, 0.2) is 5.16 Å². The predicted molar refractivity (Wildman–Crippen MR) is 99.7 cm³/mol. The van der Waals surface area contributed by atoms with E-state index in [2.05, 4.69) is 9.97 Å². The summed E-state index contributed by atoms with van der Waals surface area (Å²) in [5.41, 5.74) is 7.62. The summed E-state index contributed by atoms with van der Waals surface area (Å²) in [5.74, 6) is -0.776. The second-order valence-corrected chi connectivity index (χ2v) is 6.58. The molecule has 0 radical (unpaired) electrons. The maximum absolute atomic E-state index is 11.2. The van der Waals surface area contributed by atoms with E-state index in [1.165, 1.54) is 17.8 Å². The van der Waals surface area contributed by atoms with Gasteiger partial charge in [0.25, 0.3) is 5.91 Å². The van der Waals surface area contributed by atoms with E-state index in [0.29, 0.717) is 10.2 Å². The Balaban J connectivity index is 2.46. The Morgan fingerprint density at radius 1 is 1.20 bits per heavy atom. The molecule has 25 heavy (non-hydrogen) atoms. The van der Waals surface area contributed by atoms with Gasteiger partial charge in [-0.25, -0.2) is 9.97 Å². The number of hydrogen-bond donors (Lipinski definition) is 1. The van der Waals surface area contributed by atoms with Gasteiger partial charge in [0.2, 0.25) is 0 Å². The van der Waals surface area contributed by atoms with Crippen LogP contribution in [0, 0.1) is 25.2 Å². The number of carbonyl (C=O) groups excluding carboxylic acids is 1. The lowest BCUT2D eigenvalue weighted by Crippen LogP contribution is -2.12. The van der Waals surface area contributed by atoms with Crippen LogP contribution in [0.5, 0.6) is 0 Å². The summed E-state index contributed by atoms with van der Waals surface area (Å²) < 4.78 is 0. The van der Waals surface area contributed by atoms with Gasteiger partial charge in [-0.05, 0) is 61.5 Å². The fourth-order valence-corrected chi connectivity index (χ4v) is 3.07. The zero-order valence-corrected chi connectivity index (χ0v) is 15.2. The van der Waals surface area contributed by atoms with Crippen molar-refractivity contribution in [1.82, 2.24) is 9.97 Å². The molecule has 0 spiro atoms. The molecule has 0 saturated carbocycles. The smallest absolute Gasteiger partial charge is 0.259 e. The minimum Gasteiger partial charge on any atom is -0.365 e. The highest BCUT2D eigenvalue weighted by molar-refractivity contribution is 8.08. The van der Waals surface area contributed by atoms with Gasteiger partial charge in [-0.15, -0.1) is 0 Å². The number of rotatable bonds is 5. The third-order valence-corrected chi connectivity index (χ3v) is 4.29. The monoisotopic (exact) mass is 370 g/mol. The van der Waals surface area contributed by atoms with Crippen LogP contribution in [0.4, 0.5) is 0 Å². The molecule has 0 fully saturated rings. The Morgan fingerprint density at radius 3 is 2.32 bits per heavy atom. The van der Waals surface area contributed by atoms with Crippen LogP contribution >= 0.6 is 23.4 Å². The molecule has 1 aromatic heterocycles. The Kier molecular flexibility index (Phi) is 6.34. The molecule has 0 aliphatic carbocycles. The first-order valence-corrected chi connectivity index (χ1v) is 8.46. The molecule has 0 aliphatic rings. The van der Waals surface area contributed by atoms with Gasteiger partial charge in [-0.1, -0.05) is 23.7 Å². The number of nitrogens with zero attached hydrogens (tertiary/aromatic N) is 3. The maximum Gasteiger partial charge on any atom is 0.259 e. The lowest BCUT2D eigenvalue weighted by Gasteiger charge is -2.08. The normalized spacial score (nSPS) is 11.9. The summed E-state index contributed by atoms with van der Waals surface area (Å²) in [6.07, 6.45) is 3.04. The highest BCUT2D eigenvalue weighted by atomic mass is 35.5. The third kappa shape index (κ3) is 5.45. The van der Waals surface area contributed by atoms with Crippen molar-refractivity contribution < 1.29 is 4.79 Å². The van der Waals surface area contributed by atoms with Crippen molar-refractivity contribution in [2.75, 3.05) is 0 Å². The van der Waals surface area contributed by atoms with Crippen LogP contribution in [-0.2, 0) is 4.79 Å². The zero-order chi connectivity index (χ0) is 18.4. The fourth-order valence-electron chi connectivity index (χ4n) is 1.97. The van der Waals surface area contributed by atoms with Crippen LogP contribution in [0.15, 0.2) is 53.2 Å². The third-order valence-electron chi connectivity index (χ3n) is 3.08. The van der Waals surface area contributed by atoms with E-state index in [9.17, 15) is 4.79 Å². The van der Waals surface area contributed by atoms with Crippen molar-refractivity contribution in [3.05, 3.63) is 70.0 Å². The van der Waals surface area contributed by atoms with E-state index in [-0.39, 0.29) is 5.57 Å². The van der Waals surface area contributed by atoms with E-state index in [4.69, 9.17) is 22.6 Å². The topological polar surface area (TPSA) is 92.7 Å². The van der Waals surface area contributed by atoms with Gasteiger partial charge in [0, 0.05) is 21.3 Å². The minimum atomic E-state index is -0.776. The molecule has 0 aliphatic heterocycles. The van der Waals surface area contributed by atoms with Crippen molar-refractivity contribution in [3.63, 3.8) is 0 Å².